The molecule has 0 bridgehead atoms. The Labute approximate surface area is 208 Å². The van der Waals surface area contributed by atoms with E-state index < -0.39 is 23.8 Å². The molecule has 0 aromatic heterocycles. The van der Waals surface area contributed by atoms with Crippen LogP contribution in [0.1, 0.15) is 56.8 Å². The van der Waals surface area contributed by atoms with Crippen LogP contribution in [0.25, 0.3) is 0 Å². The Morgan fingerprint density at radius 3 is 1.38 bits per heavy atom. The number of nitrogens with zero attached hydrogens (tertiary/aromatic N) is 2. The van der Waals surface area contributed by atoms with Gasteiger partial charge in [-0.3, -0.25) is 0 Å². The number of hydrogen-bond acceptors (Lipinski definition) is 2. The van der Waals surface area contributed by atoms with Crippen LogP contribution in [0.5, 0.6) is 0 Å². The van der Waals surface area contributed by atoms with Gasteiger partial charge in [-0.25, -0.2) is 0 Å². The fourth-order valence-corrected chi connectivity index (χ4v) is 5.37. The molecule has 156 valence electrons. The van der Waals surface area contributed by atoms with E-state index in [1.54, 1.807) is 0 Å². The second kappa shape index (κ2) is 12.8. The Balaban J connectivity index is 0.00000392. The van der Waals surface area contributed by atoms with E-state index in [0.717, 1.165) is 33.4 Å². The number of amides is 2. The quantitative estimate of drug-likeness (QED) is 0.402. The fraction of sp³-hybridized carbons (Fsp3) is 0.364. The molecule has 7 heteroatoms. The largest absolute Gasteiger partial charge is 1.00 e. The van der Waals surface area contributed by atoms with Crippen molar-refractivity contribution < 1.29 is 67.4 Å². The van der Waals surface area contributed by atoms with Crippen LogP contribution in [0.4, 0.5) is 0 Å². The summed E-state index contributed by atoms with van der Waals surface area (Å²) < 4.78 is 3.80. The fourth-order valence-electron chi connectivity index (χ4n) is 2.92. The Kier molecular flexibility index (Phi) is 12.5. The molecular weight excluding hydrogens is 575 g/mol. The maximum absolute atomic E-state index is 13.1. The molecule has 0 aliphatic rings. The van der Waals surface area contributed by atoms with E-state index in [1.807, 2.05) is 83.6 Å². The van der Waals surface area contributed by atoms with Crippen molar-refractivity contribution in [2.45, 2.75) is 41.5 Å². The standard InChI is InChI=1S/2C11H15NO.2BrH.Zr/c2*1-4-12-11(13)10-7-5-6-8(2)9(10)3;;;/h2*5-7H,4H2,1-3H3,(H,12,13);2*1H;/q;;;;+4/p-4. The molecule has 0 radical (unpaired) electrons. The van der Waals surface area contributed by atoms with Crippen molar-refractivity contribution >= 4 is 11.8 Å². The first kappa shape index (κ1) is 28.2. The number of benzene rings is 2. The minimum absolute atomic E-state index is 0. The third-order valence-electron chi connectivity index (χ3n) is 5.03. The van der Waals surface area contributed by atoms with E-state index in [2.05, 4.69) is 0 Å². The molecule has 0 heterocycles. The van der Waals surface area contributed by atoms with Crippen LogP contribution in [0, 0.1) is 27.7 Å². The molecule has 2 amide bonds. The molecule has 2 aromatic carbocycles. The molecule has 0 saturated carbocycles. The zero-order valence-corrected chi connectivity index (χ0v) is 23.5. The summed E-state index contributed by atoms with van der Waals surface area (Å²) in [6, 6.07) is 11.7. The normalized spacial score (nSPS) is 9.59. The molecule has 29 heavy (non-hydrogen) atoms. The van der Waals surface area contributed by atoms with Crippen LogP contribution in [0.2, 0.25) is 0 Å². The third kappa shape index (κ3) is 6.60. The summed E-state index contributed by atoms with van der Waals surface area (Å²) >= 11 is -1.57. The smallest absolute Gasteiger partial charge is 1.00 e. The molecule has 2 aromatic rings. The van der Waals surface area contributed by atoms with Gasteiger partial charge in [0.1, 0.15) is 0 Å². The number of halogens is 2. The van der Waals surface area contributed by atoms with Crippen molar-refractivity contribution in [1.29, 1.82) is 0 Å². The molecule has 0 aliphatic heterocycles. The van der Waals surface area contributed by atoms with Crippen LogP contribution in [0.15, 0.2) is 36.4 Å². The van der Waals surface area contributed by atoms with Crippen molar-refractivity contribution in [2.75, 3.05) is 13.1 Å². The van der Waals surface area contributed by atoms with Gasteiger partial charge in [-0.15, -0.1) is 0 Å². The Bertz CT molecular complexity index is 789. The summed E-state index contributed by atoms with van der Waals surface area (Å²) in [5.74, 6) is 0.0787. The van der Waals surface area contributed by atoms with Gasteiger partial charge in [-0.2, -0.15) is 0 Å². The molecule has 0 unspecified atom stereocenters. The number of carbonyl (C=O) groups is 2. The second-order valence-corrected chi connectivity index (χ2v) is 9.84. The van der Waals surface area contributed by atoms with Gasteiger partial charge in [0, 0.05) is 0 Å². The van der Waals surface area contributed by atoms with Gasteiger partial charge < -0.3 is 34.0 Å². The molecule has 2 rings (SSSR count). The predicted molar refractivity (Wildman–Crippen MR) is 105 cm³/mol. The van der Waals surface area contributed by atoms with Gasteiger partial charge in [0.05, 0.1) is 0 Å². The van der Waals surface area contributed by atoms with Crippen molar-refractivity contribution in [1.82, 2.24) is 5.69 Å². The maximum atomic E-state index is 13.1. The van der Waals surface area contributed by atoms with Crippen LogP contribution < -0.4 is 34.0 Å². The average molecular weight is 604 g/mol. The van der Waals surface area contributed by atoms with Gasteiger partial charge in [0.15, 0.2) is 0 Å². The summed E-state index contributed by atoms with van der Waals surface area (Å²) in [6.45, 7) is 13.2. The second-order valence-electron chi connectivity index (χ2n) is 6.69. The minimum atomic E-state index is -1.57. The number of rotatable bonds is 6. The number of aryl methyl sites for hydroxylation is 2. The first-order chi connectivity index (χ1) is 12.8. The maximum Gasteiger partial charge on any atom is -1.00 e. The summed E-state index contributed by atoms with van der Waals surface area (Å²) in [4.78, 5) is 26.2. The monoisotopic (exact) mass is 600 g/mol. The van der Waals surface area contributed by atoms with Gasteiger partial charge in [0.25, 0.3) is 0 Å². The zero-order chi connectivity index (χ0) is 20.1. The van der Waals surface area contributed by atoms with Gasteiger partial charge in [0.2, 0.25) is 0 Å². The van der Waals surface area contributed by atoms with Crippen LogP contribution in [-0.4, -0.2) is 30.6 Å². The number of hydrogen-bond donors (Lipinski definition) is 0. The summed E-state index contributed by atoms with van der Waals surface area (Å²) in [6.07, 6.45) is 0. The molecular formula is C22H28Br2N2O2Zr. The minimum Gasteiger partial charge on any atom is -1.00 e. The van der Waals surface area contributed by atoms with Crippen LogP contribution in [-0.2, 0) is 23.8 Å². The zero-order valence-electron chi connectivity index (χ0n) is 17.8. The molecule has 0 aliphatic carbocycles. The van der Waals surface area contributed by atoms with E-state index in [4.69, 9.17) is 0 Å². The van der Waals surface area contributed by atoms with E-state index >= 15 is 0 Å². The molecule has 0 spiro atoms. The molecule has 4 nitrogen and oxygen atoms in total. The van der Waals surface area contributed by atoms with Crippen molar-refractivity contribution in [3.8, 4) is 0 Å². The first-order valence-electron chi connectivity index (χ1n) is 9.34. The van der Waals surface area contributed by atoms with Gasteiger partial charge in [-0.05, 0) is 0 Å². The molecule has 0 N–H and O–H groups in total. The van der Waals surface area contributed by atoms with Crippen molar-refractivity contribution in [3.05, 3.63) is 69.8 Å². The van der Waals surface area contributed by atoms with Crippen LogP contribution in [0.3, 0.4) is 0 Å². The van der Waals surface area contributed by atoms with Gasteiger partial charge >= 0.3 is 175 Å². The number of carbonyl (C=O) groups excluding carboxylic acids is 2. The van der Waals surface area contributed by atoms with E-state index in [9.17, 15) is 9.59 Å². The van der Waals surface area contributed by atoms with E-state index in [1.165, 1.54) is 0 Å². The molecule has 0 fully saturated rings. The summed E-state index contributed by atoms with van der Waals surface area (Å²) in [5.41, 5.74) is 5.75. The topological polar surface area (TPSA) is 40.6 Å². The SMILES string of the molecule is CC[N]([Zr+2][N](CC)C(=O)c1cccc(C)c1C)C(=O)c1cccc(C)c1C.[Br-].[Br-]. The van der Waals surface area contributed by atoms with Gasteiger partial charge in [-0.1, -0.05) is 0 Å². The Morgan fingerprint density at radius 1 is 0.724 bits per heavy atom. The predicted octanol–water partition coefficient (Wildman–Crippen LogP) is -1.53. The summed E-state index contributed by atoms with van der Waals surface area (Å²) in [5, 5.41) is 0. The Hall–Kier alpha value is -0.777. The first-order valence-corrected chi connectivity index (χ1v) is 11.5. The summed E-state index contributed by atoms with van der Waals surface area (Å²) in [7, 11) is 0. The molecule has 0 saturated heterocycles. The Morgan fingerprint density at radius 2 is 1.07 bits per heavy atom. The van der Waals surface area contributed by atoms with E-state index in [0.29, 0.717) is 13.1 Å². The van der Waals surface area contributed by atoms with Crippen molar-refractivity contribution in [3.63, 3.8) is 0 Å². The molecule has 0 atom stereocenters. The van der Waals surface area contributed by atoms with Crippen LogP contribution >= 0.6 is 0 Å². The van der Waals surface area contributed by atoms with Crippen molar-refractivity contribution in [2.24, 2.45) is 0 Å². The third-order valence-corrected chi connectivity index (χ3v) is 8.77. The average Bonchev–Trinajstić information content (AvgIpc) is 2.66. The van der Waals surface area contributed by atoms with E-state index in [-0.39, 0.29) is 45.8 Å².